The van der Waals surface area contributed by atoms with Crippen LogP contribution in [-0.2, 0) is 0 Å². The van der Waals surface area contributed by atoms with Gasteiger partial charge in [0.1, 0.15) is 5.82 Å². The van der Waals surface area contributed by atoms with E-state index in [-0.39, 0.29) is 15.6 Å². The van der Waals surface area contributed by atoms with Crippen molar-refractivity contribution in [3.05, 3.63) is 31.1 Å². The van der Waals surface area contributed by atoms with Crippen LogP contribution in [0, 0.1) is 9.39 Å². The molecule has 0 atom stereocenters. The minimum absolute atomic E-state index is 0.0654. The van der Waals surface area contributed by atoms with E-state index < -0.39 is 5.82 Å². The van der Waals surface area contributed by atoms with Crippen LogP contribution in [0.2, 0.25) is 10.0 Å². The second-order valence-corrected chi connectivity index (χ2v) is 3.86. The number of rotatable bonds is 1. The van der Waals surface area contributed by atoms with E-state index in [4.69, 9.17) is 23.2 Å². The molecular weight excluding hydrogens is 317 g/mol. The van der Waals surface area contributed by atoms with Gasteiger partial charge in [-0.05, 0) is 28.7 Å². The molecule has 0 aliphatic heterocycles. The van der Waals surface area contributed by atoms with Gasteiger partial charge in [0.2, 0.25) is 0 Å². The normalized spacial score (nSPS) is 10.0. The van der Waals surface area contributed by atoms with Crippen LogP contribution in [0.5, 0.6) is 0 Å². The lowest BCUT2D eigenvalue weighted by Crippen LogP contribution is -1.92. The summed E-state index contributed by atoms with van der Waals surface area (Å²) in [5.74, 6) is -0.694. The van der Waals surface area contributed by atoms with Crippen molar-refractivity contribution in [1.82, 2.24) is 0 Å². The minimum atomic E-state index is -0.694. The highest BCUT2D eigenvalue weighted by molar-refractivity contribution is 14.1. The lowest BCUT2D eigenvalue weighted by molar-refractivity contribution is 0.112. The van der Waals surface area contributed by atoms with Gasteiger partial charge in [0.25, 0.3) is 0 Å². The monoisotopic (exact) mass is 318 g/mol. The zero-order valence-electron chi connectivity index (χ0n) is 5.57. The van der Waals surface area contributed by atoms with E-state index in [2.05, 4.69) is 0 Å². The number of carbonyl (C=O) groups excluding carboxylic acids is 1. The van der Waals surface area contributed by atoms with Gasteiger partial charge in [-0.25, -0.2) is 4.39 Å². The molecule has 1 rings (SSSR count). The first-order chi connectivity index (χ1) is 5.57. The topological polar surface area (TPSA) is 17.1 Å². The average Bonchev–Trinajstić information content (AvgIpc) is 2.01. The smallest absolute Gasteiger partial charge is 0.154 e. The Morgan fingerprint density at radius 1 is 1.50 bits per heavy atom. The molecule has 1 aromatic rings. The maximum atomic E-state index is 12.9. The number of hydrogen-bond acceptors (Lipinski definition) is 1. The fraction of sp³-hybridized carbons (Fsp3) is 0. The van der Waals surface area contributed by atoms with Gasteiger partial charge >= 0.3 is 0 Å². The van der Waals surface area contributed by atoms with Crippen LogP contribution in [0.1, 0.15) is 10.4 Å². The molecule has 0 unspecified atom stereocenters. The standard InChI is InChI=1S/C7H2Cl2FIO/c8-4-1-5(10)3(2-12)6(9)7(4)11/h1-2H. The summed E-state index contributed by atoms with van der Waals surface area (Å²) in [5, 5.41) is 0.277. The minimum Gasteiger partial charge on any atom is -0.298 e. The van der Waals surface area contributed by atoms with E-state index in [9.17, 15) is 9.18 Å². The van der Waals surface area contributed by atoms with E-state index in [0.29, 0.717) is 9.86 Å². The molecule has 0 heterocycles. The summed E-state index contributed by atoms with van der Waals surface area (Å²) in [5.41, 5.74) is -0.148. The first-order valence-corrected chi connectivity index (χ1v) is 4.69. The lowest BCUT2D eigenvalue weighted by atomic mass is 10.2. The molecule has 0 aliphatic rings. The lowest BCUT2D eigenvalue weighted by Gasteiger charge is -2.02. The number of halogens is 4. The Morgan fingerprint density at radius 3 is 2.58 bits per heavy atom. The maximum Gasteiger partial charge on any atom is 0.154 e. The molecule has 0 aliphatic carbocycles. The molecule has 12 heavy (non-hydrogen) atoms. The van der Waals surface area contributed by atoms with Gasteiger partial charge < -0.3 is 0 Å². The van der Waals surface area contributed by atoms with Crippen molar-refractivity contribution in [3.63, 3.8) is 0 Å². The van der Waals surface area contributed by atoms with Gasteiger partial charge in [-0.15, -0.1) is 0 Å². The van der Waals surface area contributed by atoms with E-state index in [1.807, 2.05) is 22.6 Å². The molecule has 0 bridgehead atoms. The fourth-order valence-corrected chi connectivity index (χ4v) is 1.61. The summed E-state index contributed by atoms with van der Waals surface area (Å²) in [6, 6.07) is 1.07. The zero-order chi connectivity index (χ0) is 9.30. The Labute approximate surface area is 92.0 Å². The predicted molar refractivity (Wildman–Crippen MR) is 54.5 cm³/mol. The van der Waals surface area contributed by atoms with Crippen molar-refractivity contribution in [2.24, 2.45) is 0 Å². The molecule has 5 heteroatoms. The van der Waals surface area contributed by atoms with E-state index >= 15 is 0 Å². The van der Waals surface area contributed by atoms with Crippen molar-refractivity contribution in [3.8, 4) is 0 Å². The van der Waals surface area contributed by atoms with Crippen LogP contribution in [-0.4, -0.2) is 6.29 Å². The molecule has 64 valence electrons. The van der Waals surface area contributed by atoms with Crippen LogP contribution >= 0.6 is 45.8 Å². The highest BCUT2D eigenvalue weighted by Crippen LogP contribution is 2.30. The maximum absolute atomic E-state index is 12.9. The van der Waals surface area contributed by atoms with Gasteiger partial charge in [-0.1, -0.05) is 23.2 Å². The van der Waals surface area contributed by atoms with Gasteiger partial charge in [-0.2, -0.15) is 0 Å². The van der Waals surface area contributed by atoms with Crippen molar-refractivity contribution >= 4 is 52.1 Å². The summed E-state index contributed by atoms with van der Waals surface area (Å²) in [4.78, 5) is 10.3. The molecule has 0 fully saturated rings. The van der Waals surface area contributed by atoms with Crippen molar-refractivity contribution in [2.45, 2.75) is 0 Å². The van der Waals surface area contributed by atoms with Crippen molar-refractivity contribution in [1.29, 1.82) is 0 Å². The molecule has 0 spiro atoms. The Kier molecular flexibility index (Phi) is 3.31. The van der Waals surface area contributed by atoms with E-state index in [0.717, 1.165) is 6.07 Å². The highest BCUT2D eigenvalue weighted by Gasteiger charge is 2.13. The summed E-state index contributed by atoms with van der Waals surface area (Å²) < 4.78 is 13.4. The Balaban J connectivity index is 3.51. The van der Waals surface area contributed by atoms with E-state index in [1.54, 1.807) is 0 Å². The van der Waals surface area contributed by atoms with Gasteiger partial charge in [0, 0.05) is 0 Å². The molecular formula is C7H2Cl2FIO. The molecule has 0 radical (unpaired) electrons. The Bertz CT molecular complexity index is 341. The molecule has 1 aromatic carbocycles. The first-order valence-electron chi connectivity index (χ1n) is 2.86. The average molecular weight is 319 g/mol. The second kappa shape index (κ2) is 3.89. The molecule has 1 nitrogen and oxygen atoms in total. The third-order valence-corrected chi connectivity index (χ3v) is 3.72. The number of carbonyl (C=O) groups is 1. The summed E-state index contributed by atoms with van der Waals surface area (Å²) >= 11 is 13.1. The molecule has 0 saturated heterocycles. The largest absolute Gasteiger partial charge is 0.298 e. The SMILES string of the molecule is O=Cc1c(F)cc(Cl)c(I)c1Cl. The summed E-state index contributed by atoms with van der Waals surface area (Å²) in [7, 11) is 0. The van der Waals surface area contributed by atoms with Gasteiger partial charge in [0.15, 0.2) is 6.29 Å². The van der Waals surface area contributed by atoms with Gasteiger partial charge in [-0.3, -0.25) is 4.79 Å². The van der Waals surface area contributed by atoms with Crippen LogP contribution in [0.4, 0.5) is 4.39 Å². The number of aldehydes is 1. The Hall–Kier alpha value is 0.130. The fourth-order valence-electron chi connectivity index (χ4n) is 0.688. The van der Waals surface area contributed by atoms with Crippen LogP contribution in [0.15, 0.2) is 6.07 Å². The van der Waals surface area contributed by atoms with Crippen molar-refractivity contribution < 1.29 is 9.18 Å². The quantitative estimate of drug-likeness (QED) is 0.335. The van der Waals surface area contributed by atoms with Gasteiger partial charge in [0.05, 0.1) is 19.2 Å². The van der Waals surface area contributed by atoms with Crippen LogP contribution < -0.4 is 0 Å². The third-order valence-electron chi connectivity index (χ3n) is 1.27. The Morgan fingerprint density at radius 2 is 2.08 bits per heavy atom. The van der Waals surface area contributed by atoms with E-state index in [1.165, 1.54) is 0 Å². The van der Waals surface area contributed by atoms with Crippen LogP contribution in [0.25, 0.3) is 0 Å². The predicted octanol–water partition coefficient (Wildman–Crippen LogP) is 3.55. The zero-order valence-corrected chi connectivity index (χ0v) is 9.24. The molecule has 0 amide bonds. The van der Waals surface area contributed by atoms with Crippen molar-refractivity contribution in [2.75, 3.05) is 0 Å². The highest BCUT2D eigenvalue weighted by atomic mass is 127. The summed E-state index contributed by atoms with van der Waals surface area (Å²) in [6.07, 6.45) is 0.371. The first kappa shape index (κ1) is 10.2. The molecule has 0 aromatic heterocycles. The molecule has 0 N–H and O–H groups in total. The number of benzene rings is 1. The van der Waals surface area contributed by atoms with Crippen LogP contribution in [0.3, 0.4) is 0 Å². The summed E-state index contributed by atoms with van der Waals surface area (Å²) in [6.45, 7) is 0. The third kappa shape index (κ3) is 1.72. The molecule has 0 saturated carbocycles. The second-order valence-electron chi connectivity index (χ2n) is 2.00. The number of hydrogen-bond donors (Lipinski definition) is 0.